The summed E-state index contributed by atoms with van der Waals surface area (Å²) in [6.45, 7) is 1.92. The monoisotopic (exact) mass is 247 g/mol. The molecule has 0 aromatic carbocycles. The molecule has 3 rings (SSSR count). The van der Waals surface area contributed by atoms with Gasteiger partial charge in [0.2, 0.25) is 0 Å². The van der Waals surface area contributed by atoms with Crippen LogP contribution in [0.15, 0.2) is 10.7 Å². The van der Waals surface area contributed by atoms with Crippen molar-refractivity contribution >= 4 is 0 Å². The molecule has 6 nitrogen and oxygen atoms in total. The Balaban J connectivity index is 1.92. The number of nitrogens with zero attached hydrogens (tertiary/aromatic N) is 3. The maximum absolute atomic E-state index is 6.38. The number of aromatic nitrogens is 4. The second kappa shape index (κ2) is 4.20. The smallest absolute Gasteiger partial charge is 0.261 e. The minimum Gasteiger partial charge on any atom is -0.334 e. The Morgan fingerprint density at radius 2 is 2.11 bits per heavy atom. The standard InChI is InChI=1S/C12H17N5O/c1-8-9(7-14-16-8)10-15-11(17-18-10)12(13)5-3-2-4-6-12/h7H,2-6,13H2,1H3,(H,14,16). The van der Waals surface area contributed by atoms with Crippen molar-refractivity contribution in [3.8, 4) is 11.5 Å². The van der Waals surface area contributed by atoms with Gasteiger partial charge in [-0.2, -0.15) is 10.1 Å². The van der Waals surface area contributed by atoms with Gasteiger partial charge in [0.25, 0.3) is 5.89 Å². The van der Waals surface area contributed by atoms with E-state index in [1.54, 1.807) is 6.20 Å². The summed E-state index contributed by atoms with van der Waals surface area (Å²) in [5, 5.41) is 10.9. The highest BCUT2D eigenvalue weighted by Gasteiger charge is 2.34. The van der Waals surface area contributed by atoms with Gasteiger partial charge in [0.15, 0.2) is 5.82 Å². The molecule has 1 aliphatic rings. The van der Waals surface area contributed by atoms with E-state index >= 15 is 0 Å². The molecule has 0 saturated heterocycles. The topological polar surface area (TPSA) is 93.6 Å². The lowest BCUT2D eigenvalue weighted by Gasteiger charge is -2.29. The quantitative estimate of drug-likeness (QED) is 0.845. The lowest BCUT2D eigenvalue weighted by Crippen LogP contribution is -2.39. The molecule has 0 spiro atoms. The van der Waals surface area contributed by atoms with Crippen LogP contribution in [0.25, 0.3) is 11.5 Å². The molecule has 0 amide bonds. The molecule has 0 unspecified atom stereocenters. The van der Waals surface area contributed by atoms with E-state index in [4.69, 9.17) is 10.3 Å². The highest BCUT2D eigenvalue weighted by molar-refractivity contribution is 5.54. The molecule has 1 saturated carbocycles. The Bertz CT molecular complexity index is 538. The fourth-order valence-electron chi connectivity index (χ4n) is 2.51. The van der Waals surface area contributed by atoms with Crippen molar-refractivity contribution in [2.75, 3.05) is 0 Å². The van der Waals surface area contributed by atoms with Crippen molar-refractivity contribution in [3.05, 3.63) is 17.7 Å². The van der Waals surface area contributed by atoms with Gasteiger partial charge in [-0.1, -0.05) is 24.4 Å². The third kappa shape index (κ3) is 1.82. The summed E-state index contributed by atoms with van der Waals surface area (Å²) in [6, 6.07) is 0. The summed E-state index contributed by atoms with van der Waals surface area (Å²) in [4.78, 5) is 4.45. The van der Waals surface area contributed by atoms with Crippen molar-refractivity contribution in [1.29, 1.82) is 0 Å². The average molecular weight is 247 g/mol. The molecule has 0 atom stereocenters. The van der Waals surface area contributed by atoms with Crippen LogP contribution in [0.4, 0.5) is 0 Å². The van der Waals surface area contributed by atoms with E-state index in [0.717, 1.165) is 36.9 Å². The van der Waals surface area contributed by atoms with Gasteiger partial charge in [-0.25, -0.2) is 0 Å². The predicted octanol–water partition coefficient (Wildman–Crippen LogP) is 1.89. The van der Waals surface area contributed by atoms with Crippen LogP contribution in [0.3, 0.4) is 0 Å². The van der Waals surface area contributed by atoms with Gasteiger partial charge < -0.3 is 10.3 Å². The first-order valence-corrected chi connectivity index (χ1v) is 6.32. The van der Waals surface area contributed by atoms with E-state index in [0.29, 0.717) is 11.7 Å². The van der Waals surface area contributed by atoms with E-state index in [-0.39, 0.29) is 0 Å². The largest absolute Gasteiger partial charge is 0.334 e. The Labute approximate surface area is 105 Å². The van der Waals surface area contributed by atoms with Gasteiger partial charge in [-0.15, -0.1) is 0 Å². The zero-order valence-electron chi connectivity index (χ0n) is 10.4. The highest BCUT2D eigenvalue weighted by atomic mass is 16.5. The normalized spacial score (nSPS) is 19.0. The minimum atomic E-state index is -0.419. The lowest BCUT2D eigenvalue weighted by atomic mass is 9.82. The van der Waals surface area contributed by atoms with Crippen LogP contribution in [0.1, 0.15) is 43.6 Å². The van der Waals surface area contributed by atoms with E-state index in [2.05, 4.69) is 20.3 Å². The summed E-state index contributed by atoms with van der Waals surface area (Å²) in [7, 11) is 0. The number of rotatable bonds is 2. The number of hydrogen-bond donors (Lipinski definition) is 2. The van der Waals surface area contributed by atoms with Crippen molar-refractivity contribution < 1.29 is 4.52 Å². The molecule has 0 aliphatic heterocycles. The molecule has 2 aromatic heterocycles. The number of aromatic amines is 1. The Hall–Kier alpha value is -1.69. The molecule has 18 heavy (non-hydrogen) atoms. The fraction of sp³-hybridized carbons (Fsp3) is 0.583. The SMILES string of the molecule is Cc1[nH]ncc1-c1nc(C2(N)CCCCC2)no1. The molecule has 2 heterocycles. The van der Waals surface area contributed by atoms with Crippen LogP contribution >= 0.6 is 0 Å². The third-order valence-corrected chi connectivity index (χ3v) is 3.68. The van der Waals surface area contributed by atoms with E-state index in [9.17, 15) is 0 Å². The first kappa shape index (κ1) is 11.4. The summed E-state index contributed by atoms with van der Waals surface area (Å²) >= 11 is 0. The van der Waals surface area contributed by atoms with Crippen molar-refractivity contribution in [2.24, 2.45) is 5.73 Å². The Morgan fingerprint density at radius 3 is 2.78 bits per heavy atom. The van der Waals surface area contributed by atoms with Crippen LogP contribution in [0, 0.1) is 6.92 Å². The molecule has 0 radical (unpaired) electrons. The van der Waals surface area contributed by atoms with Gasteiger partial charge in [-0.05, 0) is 19.8 Å². The summed E-state index contributed by atoms with van der Waals surface area (Å²) in [6.07, 6.45) is 7.05. The van der Waals surface area contributed by atoms with Gasteiger partial charge in [-0.3, -0.25) is 5.10 Å². The molecule has 1 aliphatic carbocycles. The highest BCUT2D eigenvalue weighted by Crippen LogP contribution is 2.34. The zero-order valence-corrected chi connectivity index (χ0v) is 10.4. The number of aryl methyl sites for hydroxylation is 1. The van der Waals surface area contributed by atoms with Crippen LogP contribution in [0.5, 0.6) is 0 Å². The van der Waals surface area contributed by atoms with E-state index in [1.807, 2.05) is 6.92 Å². The average Bonchev–Trinajstić information content (AvgIpc) is 2.98. The first-order chi connectivity index (χ1) is 8.69. The third-order valence-electron chi connectivity index (χ3n) is 3.68. The number of nitrogens with two attached hydrogens (primary N) is 1. The molecular formula is C12H17N5O. The maximum Gasteiger partial charge on any atom is 0.261 e. The molecular weight excluding hydrogens is 230 g/mol. The molecule has 2 aromatic rings. The van der Waals surface area contributed by atoms with Crippen LogP contribution in [-0.2, 0) is 5.54 Å². The number of nitrogens with one attached hydrogen (secondary N) is 1. The van der Waals surface area contributed by atoms with E-state index < -0.39 is 5.54 Å². The van der Waals surface area contributed by atoms with Gasteiger partial charge in [0, 0.05) is 5.69 Å². The second-order valence-corrected chi connectivity index (χ2v) is 5.05. The lowest BCUT2D eigenvalue weighted by molar-refractivity contribution is 0.275. The molecule has 1 fully saturated rings. The molecule has 6 heteroatoms. The summed E-state index contributed by atoms with van der Waals surface area (Å²) in [5.74, 6) is 1.12. The van der Waals surface area contributed by atoms with Crippen molar-refractivity contribution in [2.45, 2.75) is 44.6 Å². The summed E-state index contributed by atoms with van der Waals surface area (Å²) < 4.78 is 5.31. The van der Waals surface area contributed by atoms with Gasteiger partial charge >= 0.3 is 0 Å². The van der Waals surface area contributed by atoms with E-state index in [1.165, 1.54) is 6.42 Å². The Morgan fingerprint density at radius 1 is 1.33 bits per heavy atom. The van der Waals surface area contributed by atoms with Crippen LogP contribution in [-0.4, -0.2) is 20.3 Å². The number of H-pyrrole nitrogens is 1. The second-order valence-electron chi connectivity index (χ2n) is 5.05. The first-order valence-electron chi connectivity index (χ1n) is 6.32. The summed E-state index contributed by atoms with van der Waals surface area (Å²) in [5.41, 5.74) is 7.72. The van der Waals surface area contributed by atoms with Crippen molar-refractivity contribution in [1.82, 2.24) is 20.3 Å². The maximum atomic E-state index is 6.38. The molecule has 0 bridgehead atoms. The predicted molar refractivity (Wildman–Crippen MR) is 65.6 cm³/mol. The van der Waals surface area contributed by atoms with Crippen LogP contribution < -0.4 is 5.73 Å². The van der Waals surface area contributed by atoms with Crippen molar-refractivity contribution in [3.63, 3.8) is 0 Å². The van der Waals surface area contributed by atoms with Gasteiger partial charge in [0.05, 0.1) is 17.3 Å². The zero-order chi connectivity index (χ0) is 12.6. The number of hydrogen-bond acceptors (Lipinski definition) is 5. The molecule has 3 N–H and O–H groups in total. The van der Waals surface area contributed by atoms with Crippen LogP contribution in [0.2, 0.25) is 0 Å². The van der Waals surface area contributed by atoms with Gasteiger partial charge in [0.1, 0.15) is 0 Å². The molecule has 96 valence electrons. The Kier molecular flexibility index (Phi) is 2.66. The fourth-order valence-corrected chi connectivity index (χ4v) is 2.51. The minimum absolute atomic E-state index is 0.419.